The third-order valence-corrected chi connectivity index (χ3v) is 3.74. The fourth-order valence-electron chi connectivity index (χ4n) is 2.09. The average Bonchev–Trinajstić information content (AvgIpc) is 2.34. The molecule has 0 bridgehead atoms. The van der Waals surface area contributed by atoms with Gasteiger partial charge < -0.3 is 15.5 Å². The highest BCUT2D eigenvalue weighted by Gasteiger charge is 2.21. The lowest BCUT2D eigenvalue weighted by Gasteiger charge is -2.36. The first-order valence-corrected chi connectivity index (χ1v) is 6.53. The van der Waals surface area contributed by atoms with Crippen LogP contribution in [0.4, 0.5) is 15.8 Å². The highest BCUT2D eigenvalue weighted by Crippen LogP contribution is 2.30. The molecule has 2 rings (SSSR count). The van der Waals surface area contributed by atoms with E-state index in [9.17, 15) is 9.18 Å². The van der Waals surface area contributed by atoms with E-state index in [2.05, 4.69) is 15.9 Å². The van der Waals surface area contributed by atoms with Gasteiger partial charge in [-0.3, -0.25) is 4.79 Å². The number of carbonyl (C=O) groups is 1. The summed E-state index contributed by atoms with van der Waals surface area (Å²) in [6.07, 6.45) is 0. The molecular formula is C12H15BrFN3O. The minimum Gasteiger partial charge on any atom is -0.397 e. The molecule has 0 atom stereocenters. The van der Waals surface area contributed by atoms with Crippen LogP contribution in [0.15, 0.2) is 16.6 Å². The average molecular weight is 316 g/mol. The number of halogens is 2. The Labute approximate surface area is 114 Å². The topological polar surface area (TPSA) is 49.6 Å². The molecule has 1 aliphatic rings. The Kier molecular flexibility index (Phi) is 3.75. The van der Waals surface area contributed by atoms with Crippen molar-refractivity contribution in [3.8, 4) is 0 Å². The zero-order valence-electron chi connectivity index (χ0n) is 10.1. The summed E-state index contributed by atoms with van der Waals surface area (Å²) in [7, 11) is 0. The lowest BCUT2D eigenvalue weighted by molar-refractivity contribution is -0.129. The number of hydrogen-bond acceptors (Lipinski definition) is 3. The molecule has 1 amide bonds. The van der Waals surface area contributed by atoms with Crippen molar-refractivity contribution in [3.63, 3.8) is 0 Å². The second-order valence-corrected chi connectivity index (χ2v) is 5.17. The van der Waals surface area contributed by atoms with Crippen LogP contribution < -0.4 is 10.6 Å². The lowest BCUT2D eigenvalue weighted by atomic mass is 10.2. The fraction of sp³-hybridized carbons (Fsp3) is 0.417. The first kappa shape index (κ1) is 13.1. The number of amides is 1. The predicted octanol–water partition coefficient (Wildman–Crippen LogP) is 1.84. The standard InChI is InChI=1S/C12H15BrFN3O/c1-8(18)16-2-4-17(5-3-16)12-7-10(14)9(13)6-11(12)15/h6-7H,2-5,15H2,1H3. The molecule has 6 heteroatoms. The van der Waals surface area contributed by atoms with Crippen LogP contribution in [-0.4, -0.2) is 37.0 Å². The number of nitrogens with zero attached hydrogens (tertiary/aromatic N) is 2. The van der Waals surface area contributed by atoms with Gasteiger partial charge in [0, 0.05) is 39.2 Å². The molecule has 1 aliphatic heterocycles. The van der Waals surface area contributed by atoms with Crippen molar-refractivity contribution in [2.24, 2.45) is 0 Å². The van der Waals surface area contributed by atoms with E-state index in [-0.39, 0.29) is 11.7 Å². The maximum Gasteiger partial charge on any atom is 0.219 e. The van der Waals surface area contributed by atoms with Crippen LogP contribution in [0, 0.1) is 5.82 Å². The molecule has 1 heterocycles. The van der Waals surface area contributed by atoms with E-state index in [1.807, 2.05) is 4.90 Å². The Morgan fingerprint density at radius 3 is 2.50 bits per heavy atom. The number of benzene rings is 1. The van der Waals surface area contributed by atoms with Crippen LogP contribution in [0.5, 0.6) is 0 Å². The molecule has 0 radical (unpaired) electrons. The maximum absolute atomic E-state index is 13.5. The molecule has 1 saturated heterocycles. The van der Waals surface area contributed by atoms with Crippen molar-refractivity contribution in [2.45, 2.75) is 6.92 Å². The smallest absolute Gasteiger partial charge is 0.219 e. The van der Waals surface area contributed by atoms with Gasteiger partial charge in [-0.05, 0) is 22.0 Å². The van der Waals surface area contributed by atoms with E-state index in [0.29, 0.717) is 42.0 Å². The highest BCUT2D eigenvalue weighted by molar-refractivity contribution is 9.10. The predicted molar refractivity (Wildman–Crippen MR) is 73.0 cm³/mol. The summed E-state index contributed by atoms with van der Waals surface area (Å²) in [5.74, 6) is -0.252. The fourth-order valence-corrected chi connectivity index (χ4v) is 2.45. The van der Waals surface area contributed by atoms with Gasteiger partial charge in [0.2, 0.25) is 5.91 Å². The van der Waals surface area contributed by atoms with Gasteiger partial charge in [-0.25, -0.2) is 4.39 Å². The third-order valence-electron chi connectivity index (χ3n) is 3.14. The van der Waals surface area contributed by atoms with Crippen molar-refractivity contribution >= 4 is 33.2 Å². The Morgan fingerprint density at radius 1 is 1.33 bits per heavy atom. The van der Waals surface area contributed by atoms with Gasteiger partial charge in [0.1, 0.15) is 5.82 Å². The first-order chi connectivity index (χ1) is 8.49. The molecule has 0 aromatic heterocycles. The summed E-state index contributed by atoms with van der Waals surface area (Å²) in [6, 6.07) is 3.00. The van der Waals surface area contributed by atoms with Gasteiger partial charge in [-0.15, -0.1) is 0 Å². The van der Waals surface area contributed by atoms with Gasteiger partial charge in [0.25, 0.3) is 0 Å². The summed E-state index contributed by atoms with van der Waals surface area (Å²) >= 11 is 3.11. The van der Waals surface area contributed by atoms with Crippen molar-refractivity contribution in [1.29, 1.82) is 0 Å². The van der Waals surface area contributed by atoms with Crippen molar-refractivity contribution < 1.29 is 9.18 Å². The minimum atomic E-state index is -0.326. The van der Waals surface area contributed by atoms with Gasteiger partial charge in [-0.2, -0.15) is 0 Å². The minimum absolute atomic E-state index is 0.0737. The zero-order valence-corrected chi connectivity index (χ0v) is 11.7. The molecule has 18 heavy (non-hydrogen) atoms. The molecule has 98 valence electrons. The SMILES string of the molecule is CC(=O)N1CCN(c2cc(F)c(Br)cc2N)CC1. The van der Waals surface area contributed by atoms with E-state index in [4.69, 9.17) is 5.73 Å². The zero-order chi connectivity index (χ0) is 13.3. The molecule has 0 unspecified atom stereocenters. The van der Waals surface area contributed by atoms with Crippen molar-refractivity contribution in [3.05, 3.63) is 22.4 Å². The number of nitrogen functional groups attached to an aromatic ring is 1. The highest BCUT2D eigenvalue weighted by atomic mass is 79.9. The number of anilines is 2. The van der Waals surface area contributed by atoms with Crippen LogP contribution >= 0.6 is 15.9 Å². The van der Waals surface area contributed by atoms with E-state index >= 15 is 0 Å². The number of rotatable bonds is 1. The summed E-state index contributed by atoms with van der Waals surface area (Å²) < 4.78 is 13.9. The second-order valence-electron chi connectivity index (χ2n) is 4.32. The Bertz CT molecular complexity index is 473. The Hall–Kier alpha value is -1.30. The number of carbonyl (C=O) groups excluding carboxylic acids is 1. The molecule has 1 fully saturated rings. The van der Waals surface area contributed by atoms with Gasteiger partial charge >= 0.3 is 0 Å². The molecule has 0 saturated carbocycles. The van der Waals surface area contributed by atoms with Crippen LogP contribution in [-0.2, 0) is 4.79 Å². The normalized spacial score (nSPS) is 15.9. The Balaban J connectivity index is 2.15. The van der Waals surface area contributed by atoms with Crippen molar-refractivity contribution in [2.75, 3.05) is 36.8 Å². The van der Waals surface area contributed by atoms with Crippen LogP contribution in [0.25, 0.3) is 0 Å². The van der Waals surface area contributed by atoms with E-state index in [1.165, 1.54) is 6.07 Å². The number of hydrogen-bond donors (Lipinski definition) is 1. The van der Waals surface area contributed by atoms with E-state index < -0.39 is 0 Å². The quantitative estimate of drug-likeness (QED) is 0.804. The molecule has 1 aromatic carbocycles. The number of nitrogens with two attached hydrogens (primary N) is 1. The summed E-state index contributed by atoms with van der Waals surface area (Å²) in [6.45, 7) is 4.19. The monoisotopic (exact) mass is 315 g/mol. The molecule has 1 aromatic rings. The third kappa shape index (κ3) is 2.58. The van der Waals surface area contributed by atoms with Crippen LogP contribution in [0.2, 0.25) is 0 Å². The largest absolute Gasteiger partial charge is 0.397 e. The molecule has 0 spiro atoms. The van der Waals surface area contributed by atoms with Gasteiger partial charge in [0.15, 0.2) is 0 Å². The molecule has 0 aliphatic carbocycles. The van der Waals surface area contributed by atoms with Gasteiger partial charge in [-0.1, -0.05) is 0 Å². The summed E-state index contributed by atoms with van der Waals surface area (Å²) in [5, 5.41) is 0. The summed E-state index contributed by atoms with van der Waals surface area (Å²) in [5.41, 5.74) is 7.13. The summed E-state index contributed by atoms with van der Waals surface area (Å²) in [4.78, 5) is 15.0. The maximum atomic E-state index is 13.5. The number of piperazine rings is 1. The van der Waals surface area contributed by atoms with Gasteiger partial charge in [0.05, 0.1) is 15.8 Å². The van der Waals surface area contributed by atoms with Crippen LogP contribution in [0.3, 0.4) is 0 Å². The molecule has 2 N–H and O–H groups in total. The van der Waals surface area contributed by atoms with E-state index in [0.717, 1.165) is 0 Å². The molecule has 4 nitrogen and oxygen atoms in total. The molecular weight excluding hydrogens is 301 g/mol. The Morgan fingerprint density at radius 2 is 1.94 bits per heavy atom. The van der Waals surface area contributed by atoms with E-state index in [1.54, 1.807) is 17.9 Å². The van der Waals surface area contributed by atoms with Crippen molar-refractivity contribution in [1.82, 2.24) is 4.90 Å². The first-order valence-electron chi connectivity index (χ1n) is 5.74. The second kappa shape index (κ2) is 5.14. The lowest BCUT2D eigenvalue weighted by Crippen LogP contribution is -2.48. The van der Waals surface area contributed by atoms with Crippen LogP contribution in [0.1, 0.15) is 6.92 Å².